The molecule has 7 nitrogen and oxygen atoms in total. The van der Waals surface area contributed by atoms with Crippen molar-refractivity contribution in [3.05, 3.63) is 65.2 Å². The summed E-state index contributed by atoms with van der Waals surface area (Å²) in [6.45, 7) is 4.57. The fourth-order valence-corrected chi connectivity index (χ4v) is 5.29. The minimum Gasteiger partial charge on any atom is -0.452 e. The molecule has 2 aromatic rings. The van der Waals surface area contributed by atoms with Crippen LogP contribution in [0.3, 0.4) is 0 Å². The van der Waals surface area contributed by atoms with Gasteiger partial charge in [-0.3, -0.25) is 4.79 Å². The minimum atomic E-state index is -3.51. The largest absolute Gasteiger partial charge is 0.452 e. The van der Waals surface area contributed by atoms with E-state index in [0.717, 1.165) is 36.8 Å². The summed E-state index contributed by atoms with van der Waals surface area (Å²) < 4.78 is 32.2. The number of rotatable bonds is 7. The smallest absolute Gasteiger partial charge is 0.331 e. The van der Waals surface area contributed by atoms with Crippen LogP contribution in [0.4, 0.5) is 5.69 Å². The van der Waals surface area contributed by atoms with Gasteiger partial charge >= 0.3 is 5.97 Å². The van der Waals surface area contributed by atoms with Crippen LogP contribution < -0.4 is 5.32 Å². The Balaban J connectivity index is 1.52. The second-order valence-electron chi connectivity index (χ2n) is 8.25. The van der Waals surface area contributed by atoms with Crippen molar-refractivity contribution >= 4 is 33.7 Å². The third-order valence-corrected chi connectivity index (χ3v) is 7.26. The Labute approximate surface area is 195 Å². The van der Waals surface area contributed by atoms with E-state index in [0.29, 0.717) is 24.3 Å². The van der Waals surface area contributed by atoms with Gasteiger partial charge in [-0.15, -0.1) is 0 Å². The summed E-state index contributed by atoms with van der Waals surface area (Å²) >= 11 is 0. The molecule has 1 fully saturated rings. The van der Waals surface area contributed by atoms with Crippen molar-refractivity contribution in [3.8, 4) is 0 Å². The molecule has 0 saturated carbocycles. The molecule has 2 aromatic carbocycles. The Morgan fingerprint density at radius 2 is 1.58 bits per heavy atom. The lowest BCUT2D eigenvalue weighted by atomic mass is 10.1. The van der Waals surface area contributed by atoms with E-state index in [1.165, 1.54) is 12.2 Å². The van der Waals surface area contributed by atoms with Crippen LogP contribution in [0.5, 0.6) is 0 Å². The third kappa shape index (κ3) is 7.27. The molecule has 176 valence electrons. The van der Waals surface area contributed by atoms with Crippen molar-refractivity contribution in [3.63, 3.8) is 0 Å². The predicted molar refractivity (Wildman–Crippen MR) is 128 cm³/mol. The number of ether oxygens (including phenoxy) is 1. The molecule has 0 radical (unpaired) electrons. The summed E-state index contributed by atoms with van der Waals surface area (Å²) in [5, 5.41) is 2.70. The van der Waals surface area contributed by atoms with Gasteiger partial charge in [0.05, 0.1) is 4.90 Å². The maximum absolute atomic E-state index is 12.8. The van der Waals surface area contributed by atoms with Crippen molar-refractivity contribution in [2.24, 2.45) is 0 Å². The van der Waals surface area contributed by atoms with E-state index in [9.17, 15) is 18.0 Å². The van der Waals surface area contributed by atoms with Gasteiger partial charge in [-0.25, -0.2) is 13.2 Å². The van der Waals surface area contributed by atoms with Crippen molar-refractivity contribution in [1.82, 2.24) is 4.31 Å². The van der Waals surface area contributed by atoms with Crippen molar-refractivity contribution in [2.45, 2.75) is 44.4 Å². The molecule has 0 aromatic heterocycles. The van der Waals surface area contributed by atoms with Gasteiger partial charge in [0.1, 0.15) is 0 Å². The third-order valence-electron chi connectivity index (χ3n) is 5.35. The number of hydrogen-bond acceptors (Lipinski definition) is 5. The van der Waals surface area contributed by atoms with E-state index in [-0.39, 0.29) is 4.90 Å². The summed E-state index contributed by atoms with van der Waals surface area (Å²) in [4.78, 5) is 24.2. The summed E-state index contributed by atoms with van der Waals surface area (Å²) in [6.07, 6.45) is 6.60. The van der Waals surface area contributed by atoms with Crippen LogP contribution in [0.15, 0.2) is 53.4 Å². The highest BCUT2D eigenvalue weighted by atomic mass is 32.2. The summed E-state index contributed by atoms with van der Waals surface area (Å²) in [6, 6.07) is 12.0. The molecule has 0 atom stereocenters. The number of sulfonamides is 1. The number of amides is 1. The number of benzene rings is 2. The van der Waals surface area contributed by atoms with Gasteiger partial charge in [0.25, 0.3) is 5.91 Å². The Morgan fingerprint density at radius 1 is 0.970 bits per heavy atom. The Kier molecular flexibility index (Phi) is 8.41. The monoisotopic (exact) mass is 470 g/mol. The van der Waals surface area contributed by atoms with E-state index in [1.807, 2.05) is 32.0 Å². The highest BCUT2D eigenvalue weighted by Crippen LogP contribution is 2.21. The first-order chi connectivity index (χ1) is 15.7. The van der Waals surface area contributed by atoms with Crippen LogP contribution in [-0.4, -0.2) is 44.3 Å². The number of nitrogens with one attached hydrogen (secondary N) is 1. The molecular formula is C25H30N2O5S. The maximum Gasteiger partial charge on any atom is 0.331 e. The summed E-state index contributed by atoms with van der Waals surface area (Å²) in [5.41, 5.74) is 3.35. The molecule has 1 heterocycles. The highest BCUT2D eigenvalue weighted by Gasteiger charge is 2.24. The van der Waals surface area contributed by atoms with Crippen LogP contribution in [0, 0.1) is 13.8 Å². The molecule has 1 N–H and O–H groups in total. The molecule has 0 bridgehead atoms. The lowest BCUT2D eigenvalue weighted by Gasteiger charge is -2.19. The van der Waals surface area contributed by atoms with Gasteiger partial charge in [-0.05, 0) is 73.7 Å². The minimum absolute atomic E-state index is 0.243. The molecule has 3 rings (SSSR count). The molecule has 1 aliphatic rings. The number of carbonyl (C=O) groups is 2. The van der Waals surface area contributed by atoms with Gasteiger partial charge in [0.2, 0.25) is 10.0 Å². The Bertz CT molecular complexity index is 1100. The molecule has 33 heavy (non-hydrogen) atoms. The number of anilines is 1. The number of carbonyl (C=O) groups excluding carboxylic acids is 2. The zero-order valence-electron chi connectivity index (χ0n) is 19.0. The zero-order valence-corrected chi connectivity index (χ0v) is 19.9. The highest BCUT2D eigenvalue weighted by molar-refractivity contribution is 7.89. The predicted octanol–water partition coefficient (Wildman–Crippen LogP) is 4.06. The Hall–Kier alpha value is -2.97. The second-order valence-corrected chi connectivity index (χ2v) is 10.2. The Morgan fingerprint density at radius 3 is 2.18 bits per heavy atom. The second kappa shape index (κ2) is 11.2. The van der Waals surface area contributed by atoms with Crippen LogP contribution in [0.1, 0.15) is 42.4 Å². The zero-order chi connectivity index (χ0) is 23.8. The normalized spacial score (nSPS) is 15.2. The molecule has 0 spiro atoms. The van der Waals surface area contributed by atoms with Crippen molar-refractivity contribution in [2.75, 3.05) is 25.0 Å². The van der Waals surface area contributed by atoms with Crippen molar-refractivity contribution in [1.29, 1.82) is 0 Å². The van der Waals surface area contributed by atoms with E-state index < -0.39 is 28.5 Å². The van der Waals surface area contributed by atoms with E-state index >= 15 is 0 Å². The number of nitrogens with zero attached hydrogens (tertiary/aromatic N) is 1. The molecule has 1 saturated heterocycles. The van der Waals surface area contributed by atoms with Gasteiger partial charge in [-0.2, -0.15) is 4.31 Å². The van der Waals surface area contributed by atoms with Crippen LogP contribution >= 0.6 is 0 Å². The fourth-order valence-electron chi connectivity index (χ4n) is 3.77. The van der Waals surface area contributed by atoms with E-state index in [1.54, 1.807) is 28.6 Å². The lowest BCUT2D eigenvalue weighted by molar-refractivity contribution is -0.142. The van der Waals surface area contributed by atoms with E-state index in [4.69, 9.17) is 4.74 Å². The average Bonchev–Trinajstić information content (AvgIpc) is 3.06. The molecule has 1 aliphatic heterocycles. The van der Waals surface area contributed by atoms with Crippen molar-refractivity contribution < 1.29 is 22.7 Å². The standard InChI is InChI=1S/C25H30N2O5S/c1-19-15-20(2)17-22(16-19)26-24(28)18-32-25(29)12-9-21-7-10-23(11-8-21)33(30,31)27-13-5-3-4-6-14-27/h7-12,15-17H,3-6,13-14,18H2,1-2H3,(H,26,28)/b12-9+. The molecule has 1 amide bonds. The molecule has 0 aliphatic carbocycles. The molecule has 8 heteroatoms. The first-order valence-electron chi connectivity index (χ1n) is 11.1. The van der Waals surface area contributed by atoms with Gasteiger partial charge in [0.15, 0.2) is 6.61 Å². The molecular weight excluding hydrogens is 440 g/mol. The fraction of sp³-hybridized carbons (Fsp3) is 0.360. The van der Waals surface area contributed by atoms with E-state index in [2.05, 4.69) is 5.32 Å². The number of hydrogen-bond donors (Lipinski definition) is 1. The SMILES string of the molecule is Cc1cc(C)cc(NC(=O)COC(=O)/C=C/c2ccc(S(=O)(=O)N3CCCCCC3)cc2)c1. The van der Waals surface area contributed by atoms with Gasteiger partial charge in [-0.1, -0.05) is 31.0 Å². The number of esters is 1. The quantitative estimate of drug-likeness (QED) is 0.487. The summed E-state index contributed by atoms with van der Waals surface area (Å²) in [7, 11) is -3.51. The average molecular weight is 471 g/mol. The topological polar surface area (TPSA) is 92.8 Å². The van der Waals surface area contributed by atoms with Crippen LogP contribution in [-0.2, 0) is 24.3 Å². The molecule has 0 unspecified atom stereocenters. The lowest BCUT2D eigenvalue weighted by Crippen LogP contribution is -2.31. The van der Waals surface area contributed by atoms with Gasteiger partial charge < -0.3 is 10.1 Å². The van der Waals surface area contributed by atoms with Crippen LogP contribution in [0.25, 0.3) is 6.08 Å². The first kappa shape index (κ1) is 24.7. The first-order valence-corrected chi connectivity index (χ1v) is 12.5. The maximum atomic E-state index is 12.8. The van der Waals surface area contributed by atoms with Crippen LogP contribution in [0.2, 0.25) is 0 Å². The number of aryl methyl sites for hydroxylation is 2. The van der Waals surface area contributed by atoms with Gasteiger partial charge in [0, 0.05) is 24.9 Å². The summed E-state index contributed by atoms with van der Waals surface area (Å²) in [5.74, 6) is -1.09.